The van der Waals surface area contributed by atoms with Crippen LogP contribution in [0.5, 0.6) is 0 Å². The van der Waals surface area contributed by atoms with E-state index < -0.39 is 18.0 Å². The summed E-state index contributed by atoms with van der Waals surface area (Å²) in [6.45, 7) is 7.98. The van der Waals surface area contributed by atoms with Crippen molar-refractivity contribution >= 4 is 18.0 Å². The zero-order valence-electron chi connectivity index (χ0n) is 8.88. The molecule has 0 radical (unpaired) electrons. The summed E-state index contributed by atoms with van der Waals surface area (Å²) in [5.74, 6) is -1.96. The van der Waals surface area contributed by atoms with Gasteiger partial charge in [0.15, 0.2) is 0 Å². The highest BCUT2D eigenvalue weighted by molar-refractivity contribution is 5.79. The highest BCUT2D eigenvalue weighted by atomic mass is 16.5. The Bertz CT molecular complexity index is 230. The maximum atomic E-state index is 9.60. The average molecular weight is 233 g/mol. The normalized spacial score (nSPS) is 6.81. The van der Waals surface area contributed by atoms with Gasteiger partial charge in [-0.15, -0.1) is 0 Å². The van der Waals surface area contributed by atoms with Crippen LogP contribution >= 0.6 is 0 Å². The molecule has 0 heterocycles. The molecular weight excluding hydrogens is 218 g/mol. The van der Waals surface area contributed by atoms with Crippen molar-refractivity contribution in [3.05, 3.63) is 25.3 Å². The topological polar surface area (TPSA) is 127 Å². The number of carboxylic acid groups (broad SMARTS) is 2. The molecule has 0 aliphatic rings. The monoisotopic (exact) mass is 233 g/mol. The Kier molecular flexibility index (Phi) is 18.3. The number of aliphatic carboxylic acids is 2. The Hall–Kier alpha value is -2.31. The van der Waals surface area contributed by atoms with E-state index in [2.05, 4.69) is 23.6 Å². The number of hydrogen-bond acceptors (Lipinski definition) is 4. The summed E-state index contributed by atoms with van der Waals surface area (Å²) in [6.07, 6.45) is 0.956. The third-order valence-electron chi connectivity index (χ3n) is 0.636. The molecule has 0 atom stereocenters. The standard InChI is InChI=1S/C3H7NO2.2C3H4O2/c1-2-6-3(4)5;2*1-2-3(4)5/h2H2,1H3,(H2,4,5);2*2H,1H2,(H,4,5). The zero-order chi connectivity index (χ0) is 13.6. The van der Waals surface area contributed by atoms with Crippen LogP contribution < -0.4 is 5.73 Å². The molecule has 0 aromatic rings. The van der Waals surface area contributed by atoms with Crippen LogP contribution in [0.3, 0.4) is 0 Å². The van der Waals surface area contributed by atoms with Gasteiger partial charge in [-0.1, -0.05) is 13.2 Å². The number of primary amides is 1. The van der Waals surface area contributed by atoms with Gasteiger partial charge in [0.05, 0.1) is 6.61 Å². The number of carbonyl (C=O) groups excluding carboxylic acids is 1. The number of hydrogen-bond donors (Lipinski definition) is 3. The Labute approximate surface area is 92.8 Å². The molecule has 0 fully saturated rings. The molecule has 7 nitrogen and oxygen atoms in total. The van der Waals surface area contributed by atoms with E-state index in [0.717, 1.165) is 12.2 Å². The number of rotatable bonds is 3. The lowest BCUT2D eigenvalue weighted by Crippen LogP contribution is -2.11. The number of nitrogens with two attached hydrogens (primary N) is 1. The van der Waals surface area contributed by atoms with Crippen LogP contribution in [-0.4, -0.2) is 34.9 Å². The Morgan fingerprint density at radius 3 is 1.44 bits per heavy atom. The fourth-order valence-electron chi connectivity index (χ4n) is 0.142. The summed E-state index contributed by atoms with van der Waals surface area (Å²) in [5.41, 5.74) is 4.54. The molecule has 4 N–H and O–H groups in total. The predicted octanol–water partition coefficient (Wildman–Crippen LogP) is 0.616. The minimum Gasteiger partial charge on any atom is -0.478 e. The van der Waals surface area contributed by atoms with Crippen LogP contribution in [0.25, 0.3) is 0 Å². The molecule has 0 aromatic carbocycles. The average Bonchev–Trinajstić information content (AvgIpc) is 2.19. The smallest absolute Gasteiger partial charge is 0.404 e. The van der Waals surface area contributed by atoms with Gasteiger partial charge in [-0.3, -0.25) is 0 Å². The van der Waals surface area contributed by atoms with Crippen LogP contribution in [0.15, 0.2) is 25.3 Å². The molecule has 1 amide bonds. The fraction of sp³-hybridized carbons (Fsp3) is 0.222. The summed E-state index contributed by atoms with van der Waals surface area (Å²) in [5, 5.41) is 15.2. The third-order valence-corrected chi connectivity index (χ3v) is 0.636. The van der Waals surface area contributed by atoms with Crippen LogP contribution in [0.1, 0.15) is 6.92 Å². The van der Waals surface area contributed by atoms with Crippen LogP contribution in [0, 0.1) is 0 Å². The van der Waals surface area contributed by atoms with Gasteiger partial charge in [-0.2, -0.15) is 0 Å². The van der Waals surface area contributed by atoms with E-state index in [1.165, 1.54) is 0 Å². The highest BCUT2D eigenvalue weighted by Crippen LogP contribution is 1.66. The lowest BCUT2D eigenvalue weighted by molar-refractivity contribution is -0.132. The van der Waals surface area contributed by atoms with Crippen molar-refractivity contribution in [3.8, 4) is 0 Å². The van der Waals surface area contributed by atoms with E-state index in [1.54, 1.807) is 6.92 Å². The Balaban J connectivity index is -0.000000160. The first-order chi connectivity index (χ1) is 7.31. The number of amides is 1. The molecule has 0 saturated heterocycles. The van der Waals surface area contributed by atoms with Crippen molar-refractivity contribution < 1.29 is 29.3 Å². The van der Waals surface area contributed by atoms with Gasteiger partial charge in [-0.05, 0) is 6.92 Å². The van der Waals surface area contributed by atoms with E-state index in [1.807, 2.05) is 0 Å². The first-order valence-electron chi connectivity index (χ1n) is 3.94. The summed E-state index contributed by atoms with van der Waals surface area (Å²) < 4.78 is 4.18. The third kappa shape index (κ3) is 60.7. The van der Waals surface area contributed by atoms with E-state index in [4.69, 9.17) is 10.2 Å². The van der Waals surface area contributed by atoms with Gasteiger partial charge >= 0.3 is 18.0 Å². The van der Waals surface area contributed by atoms with Crippen molar-refractivity contribution in [1.29, 1.82) is 0 Å². The highest BCUT2D eigenvalue weighted by Gasteiger charge is 1.82. The van der Waals surface area contributed by atoms with Gasteiger partial charge < -0.3 is 20.7 Å². The lowest BCUT2D eigenvalue weighted by atomic mass is 10.7. The molecule has 0 spiro atoms. The quantitative estimate of drug-likeness (QED) is 0.613. The van der Waals surface area contributed by atoms with Crippen molar-refractivity contribution in [3.63, 3.8) is 0 Å². The maximum Gasteiger partial charge on any atom is 0.404 e. The Morgan fingerprint density at radius 2 is 1.44 bits per heavy atom. The zero-order valence-corrected chi connectivity index (χ0v) is 8.88. The van der Waals surface area contributed by atoms with Gasteiger partial charge in [0.25, 0.3) is 0 Å². The Morgan fingerprint density at radius 1 is 1.19 bits per heavy atom. The molecule has 0 saturated carbocycles. The fourth-order valence-corrected chi connectivity index (χ4v) is 0.142. The molecule has 7 heteroatoms. The van der Waals surface area contributed by atoms with Gasteiger partial charge in [-0.25, -0.2) is 14.4 Å². The molecule has 0 unspecified atom stereocenters. The minimum atomic E-state index is -0.981. The first kappa shape index (κ1) is 19.3. The second kappa shape index (κ2) is 15.2. The molecule has 0 aliphatic heterocycles. The number of carboxylic acids is 2. The van der Waals surface area contributed by atoms with Gasteiger partial charge in [0, 0.05) is 12.2 Å². The van der Waals surface area contributed by atoms with Crippen molar-refractivity contribution in [2.45, 2.75) is 6.92 Å². The van der Waals surface area contributed by atoms with Crippen molar-refractivity contribution in [2.75, 3.05) is 6.61 Å². The molecule has 0 rings (SSSR count). The first-order valence-corrected chi connectivity index (χ1v) is 3.94. The molecule has 16 heavy (non-hydrogen) atoms. The predicted molar refractivity (Wildman–Crippen MR) is 56.9 cm³/mol. The summed E-state index contributed by atoms with van der Waals surface area (Å²) in [6, 6.07) is 0. The minimum absolute atomic E-state index is 0.356. The second-order valence-corrected chi connectivity index (χ2v) is 1.84. The number of carbonyl (C=O) groups is 3. The van der Waals surface area contributed by atoms with E-state index in [-0.39, 0.29) is 0 Å². The molecule has 0 aromatic heterocycles. The van der Waals surface area contributed by atoms with E-state index >= 15 is 0 Å². The summed E-state index contributed by atoms with van der Waals surface area (Å²) in [4.78, 5) is 28.1. The van der Waals surface area contributed by atoms with E-state index in [0.29, 0.717) is 6.61 Å². The van der Waals surface area contributed by atoms with Crippen LogP contribution in [0.2, 0.25) is 0 Å². The van der Waals surface area contributed by atoms with E-state index in [9.17, 15) is 14.4 Å². The van der Waals surface area contributed by atoms with Crippen molar-refractivity contribution in [2.24, 2.45) is 5.73 Å². The second-order valence-electron chi connectivity index (χ2n) is 1.84. The lowest BCUT2D eigenvalue weighted by Gasteiger charge is -1.89. The largest absolute Gasteiger partial charge is 0.478 e. The van der Waals surface area contributed by atoms with Gasteiger partial charge in [0.2, 0.25) is 0 Å². The van der Waals surface area contributed by atoms with Gasteiger partial charge in [0.1, 0.15) is 0 Å². The maximum absolute atomic E-state index is 9.60. The van der Waals surface area contributed by atoms with Crippen molar-refractivity contribution in [1.82, 2.24) is 0 Å². The van der Waals surface area contributed by atoms with Crippen LogP contribution in [-0.2, 0) is 14.3 Å². The number of ether oxygens (including phenoxy) is 1. The molecule has 0 bridgehead atoms. The SMILES string of the molecule is C=CC(=O)O.C=CC(=O)O.CCOC(N)=O. The molecule has 92 valence electrons. The summed E-state index contributed by atoms with van der Waals surface area (Å²) >= 11 is 0. The molecular formula is C9H15NO6. The molecule has 0 aliphatic carbocycles. The van der Waals surface area contributed by atoms with Crippen LogP contribution in [0.4, 0.5) is 4.79 Å². The summed E-state index contributed by atoms with van der Waals surface area (Å²) in [7, 11) is 0.